The summed E-state index contributed by atoms with van der Waals surface area (Å²) >= 11 is 0. The van der Waals surface area contributed by atoms with Crippen LogP contribution >= 0.6 is 0 Å². The monoisotopic (exact) mass is 283 g/mol. The summed E-state index contributed by atoms with van der Waals surface area (Å²) in [6, 6.07) is 7.28. The highest BCUT2D eigenvalue weighted by Gasteiger charge is 2.29. The average Bonchev–Trinajstić information content (AvgIpc) is 2.58. The molecular weight excluding hydrogens is 266 g/mol. The Bertz CT molecular complexity index is 700. The van der Waals surface area contributed by atoms with Gasteiger partial charge in [-0.05, 0) is 30.7 Å². The van der Waals surface area contributed by atoms with E-state index in [1.54, 1.807) is 24.2 Å². The maximum atomic E-state index is 12.7. The summed E-state index contributed by atoms with van der Waals surface area (Å²) < 4.78 is 0. The summed E-state index contributed by atoms with van der Waals surface area (Å²) in [5, 5.41) is 8.12. The first-order valence-electron chi connectivity index (χ1n) is 6.90. The number of carbonyl (C=O) groups is 1. The standard InChI is InChI=1S/C15H17N5O/c1-3-8-20-12-5-4-10(16)9-13(12)19(2)15(21)11-6-7-17-18-14(11)20/h4-7,9H,3,8,16H2,1-2H3. The molecule has 6 nitrogen and oxygen atoms in total. The third-order valence-corrected chi connectivity index (χ3v) is 3.59. The summed E-state index contributed by atoms with van der Waals surface area (Å²) in [6.07, 6.45) is 2.47. The van der Waals surface area contributed by atoms with Gasteiger partial charge in [0, 0.05) is 19.3 Å². The van der Waals surface area contributed by atoms with E-state index in [1.165, 1.54) is 0 Å². The molecule has 0 saturated heterocycles. The van der Waals surface area contributed by atoms with Crippen LogP contribution in [0.5, 0.6) is 0 Å². The highest BCUT2D eigenvalue weighted by molar-refractivity contribution is 6.13. The fourth-order valence-corrected chi connectivity index (χ4v) is 2.58. The third kappa shape index (κ3) is 2.08. The normalized spacial score (nSPS) is 13.7. The van der Waals surface area contributed by atoms with Crippen LogP contribution in [0, 0.1) is 0 Å². The van der Waals surface area contributed by atoms with Gasteiger partial charge in [-0.3, -0.25) is 4.79 Å². The fourth-order valence-electron chi connectivity index (χ4n) is 2.58. The van der Waals surface area contributed by atoms with Gasteiger partial charge in [-0.2, -0.15) is 5.10 Å². The smallest absolute Gasteiger partial charge is 0.261 e. The number of benzene rings is 1. The van der Waals surface area contributed by atoms with E-state index >= 15 is 0 Å². The molecule has 0 fully saturated rings. The Balaban J connectivity index is 2.28. The van der Waals surface area contributed by atoms with E-state index in [1.807, 2.05) is 23.1 Å². The Labute approximate surface area is 123 Å². The van der Waals surface area contributed by atoms with Crippen molar-refractivity contribution in [2.45, 2.75) is 13.3 Å². The van der Waals surface area contributed by atoms with E-state index in [4.69, 9.17) is 5.73 Å². The number of aromatic nitrogens is 2. The number of amides is 1. The minimum Gasteiger partial charge on any atom is -0.399 e. The first-order valence-corrected chi connectivity index (χ1v) is 6.90. The Kier molecular flexibility index (Phi) is 3.21. The highest BCUT2D eigenvalue weighted by Crippen LogP contribution is 2.39. The molecule has 6 heteroatoms. The summed E-state index contributed by atoms with van der Waals surface area (Å²) in [6.45, 7) is 2.84. The van der Waals surface area contributed by atoms with Crippen LogP contribution in [0.25, 0.3) is 0 Å². The molecule has 1 aromatic heterocycles. The molecular formula is C15H17N5O. The Hall–Kier alpha value is -2.63. The minimum atomic E-state index is -0.106. The summed E-state index contributed by atoms with van der Waals surface area (Å²) in [5.41, 5.74) is 8.76. The lowest BCUT2D eigenvalue weighted by Crippen LogP contribution is -2.25. The number of anilines is 4. The van der Waals surface area contributed by atoms with Gasteiger partial charge in [0.1, 0.15) is 0 Å². The average molecular weight is 283 g/mol. The van der Waals surface area contributed by atoms with E-state index in [0.717, 1.165) is 24.3 Å². The van der Waals surface area contributed by atoms with Crippen molar-refractivity contribution in [1.82, 2.24) is 10.2 Å². The minimum absolute atomic E-state index is 0.106. The van der Waals surface area contributed by atoms with Gasteiger partial charge in [0.05, 0.1) is 23.1 Å². The molecule has 0 atom stereocenters. The van der Waals surface area contributed by atoms with Crippen molar-refractivity contribution in [2.24, 2.45) is 0 Å². The van der Waals surface area contributed by atoms with Gasteiger partial charge in [0.15, 0.2) is 5.82 Å². The van der Waals surface area contributed by atoms with Crippen molar-refractivity contribution in [1.29, 1.82) is 0 Å². The first-order chi connectivity index (χ1) is 10.1. The van der Waals surface area contributed by atoms with Gasteiger partial charge in [-0.25, -0.2) is 0 Å². The zero-order chi connectivity index (χ0) is 15.0. The van der Waals surface area contributed by atoms with Crippen LogP contribution in [0.15, 0.2) is 30.5 Å². The van der Waals surface area contributed by atoms with Crippen LogP contribution in [0.1, 0.15) is 23.7 Å². The first kappa shape index (κ1) is 13.4. The zero-order valence-electron chi connectivity index (χ0n) is 12.1. The lowest BCUT2D eigenvalue weighted by atomic mass is 10.2. The van der Waals surface area contributed by atoms with Gasteiger partial charge in [-0.1, -0.05) is 6.92 Å². The van der Waals surface area contributed by atoms with Crippen molar-refractivity contribution >= 4 is 28.8 Å². The molecule has 1 aliphatic rings. The van der Waals surface area contributed by atoms with Crippen molar-refractivity contribution in [3.8, 4) is 0 Å². The van der Waals surface area contributed by atoms with Crippen LogP contribution in [-0.4, -0.2) is 29.7 Å². The van der Waals surface area contributed by atoms with Crippen molar-refractivity contribution < 1.29 is 4.79 Å². The molecule has 0 saturated carbocycles. The topological polar surface area (TPSA) is 75.3 Å². The van der Waals surface area contributed by atoms with Gasteiger partial charge in [-0.15, -0.1) is 5.10 Å². The predicted molar refractivity (Wildman–Crippen MR) is 82.9 cm³/mol. The maximum absolute atomic E-state index is 12.7. The number of hydrogen-bond acceptors (Lipinski definition) is 5. The number of fused-ring (bicyclic) bond motifs is 2. The van der Waals surface area contributed by atoms with Gasteiger partial charge < -0.3 is 15.5 Å². The van der Waals surface area contributed by atoms with Gasteiger partial charge >= 0.3 is 0 Å². The zero-order valence-corrected chi connectivity index (χ0v) is 12.1. The second-order valence-corrected chi connectivity index (χ2v) is 5.03. The molecule has 1 aliphatic heterocycles. The second-order valence-electron chi connectivity index (χ2n) is 5.03. The lowest BCUT2D eigenvalue weighted by molar-refractivity contribution is 0.0994. The molecule has 0 radical (unpaired) electrons. The molecule has 0 unspecified atom stereocenters. The van der Waals surface area contributed by atoms with Crippen LogP contribution in [0.2, 0.25) is 0 Å². The molecule has 3 rings (SSSR count). The largest absolute Gasteiger partial charge is 0.399 e. The molecule has 1 amide bonds. The number of nitrogens with zero attached hydrogens (tertiary/aromatic N) is 4. The Morgan fingerprint density at radius 2 is 2.05 bits per heavy atom. The number of rotatable bonds is 2. The van der Waals surface area contributed by atoms with E-state index in [9.17, 15) is 4.79 Å². The number of nitrogen functional groups attached to an aromatic ring is 1. The van der Waals surface area contributed by atoms with Crippen molar-refractivity contribution in [3.63, 3.8) is 0 Å². The van der Waals surface area contributed by atoms with Crippen molar-refractivity contribution in [2.75, 3.05) is 29.1 Å². The summed E-state index contributed by atoms with van der Waals surface area (Å²) in [7, 11) is 1.75. The van der Waals surface area contributed by atoms with Crippen LogP contribution in [-0.2, 0) is 0 Å². The van der Waals surface area contributed by atoms with E-state index in [0.29, 0.717) is 17.1 Å². The fraction of sp³-hybridized carbons (Fsp3) is 0.267. The molecule has 2 N–H and O–H groups in total. The Morgan fingerprint density at radius 1 is 1.24 bits per heavy atom. The molecule has 1 aromatic carbocycles. The maximum Gasteiger partial charge on any atom is 0.261 e. The molecule has 2 aromatic rings. The molecule has 0 bridgehead atoms. The lowest BCUT2D eigenvalue weighted by Gasteiger charge is -2.25. The van der Waals surface area contributed by atoms with Gasteiger partial charge in [0.2, 0.25) is 0 Å². The van der Waals surface area contributed by atoms with E-state index in [2.05, 4.69) is 17.1 Å². The highest BCUT2D eigenvalue weighted by atomic mass is 16.2. The van der Waals surface area contributed by atoms with Crippen LogP contribution in [0.3, 0.4) is 0 Å². The van der Waals surface area contributed by atoms with Crippen molar-refractivity contribution in [3.05, 3.63) is 36.0 Å². The molecule has 21 heavy (non-hydrogen) atoms. The summed E-state index contributed by atoms with van der Waals surface area (Å²) in [5.74, 6) is 0.491. The van der Waals surface area contributed by atoms with Crippen LogP contribution < -0.4 is 15.5 Å². The molecule has 0 aliphatic carbocycles. The molecule has 108 valence electrons. The Morgan fingerprint density at radius 3 is 2.81 bits per heavy atom. The van der Waals surface area contributed by atoms with E-state index < -0.39 is 0 Å². The molecule has 0 spiro atoms. The molecule has 2 heterocycles. The number of hydrogen-bond donors (Lipinski definition) is 1. The third-order valence-electron chi connectivity index (χ3n) is 3.59. The van der Waals surface area contributed by atoms with Gasteiger partial charge in [0.25, 0.3) is 5.91 Å². The quantitative estimate of drug-likeness (QED) is 0.855. The second kappa shape index (κ2) is 5.05. The van der Waals surface area contributed by atoms with E-state index in [-0.39, 0.29) is 5.91 Å². The number of nitrogens with two attached hydrogens (primary N) is 1. The SMILES string of the molecule is CCCN1c2ccc(N)cc2N(C)C(=O)c2ccnnc21. The number of carbonyl (C=O) groups excluding carboxylic acids is 1. The summed E-state index contributed by atoms with van der Waals surface area (Å²) in [4.78, 5) is 16.3. The predicted octanol–water partition coefficient (Wildman–Crippen LogP) is 2.20. The van der Waals surface area contributed by atoms with Crippen LogP contribution in [0.4, 0.5) is 22.9 Å².